The summed E-state index contributed by atoms with van der Waals surface area (Å²) in [7, 11) is 1.64. The normalized spacial score (nSPS) is 12.2. The standard InChI is InChI=1S/C17H20ClNO/c1-11-4-5-13(8-12(11)2)9-16(19)15-7-6-14(18)10-17(15)20-3/h4-8,10,16H,9,19H2,1-3H3. The van der Waals surface area contributed by atoms with E-state index in [9.17, 15) is 0 Å². The van der Waals surface area contributed by atoms with Crippen molar-refractivity contribution >= 4 is 11.6 Å². The molecule has 3 heteroatoms. The van der Waals surface area contributed by atoms with E-state index in [1.807, 2.05) is 12.1 Å². The van der Waals surface area contributed by atoms with Crippen molar-refractivity contribution in [2.75, 3.05) is 7.11 Å². The number of methoxy groups -OCH3 is 1. The summed E-state index contributed by atoms with van der Waals surface area (Å²) in [6, 6.07) is 11.9. The number of benzene rings is 2. The number of hydrogen-bond donors (Lipinski definition) is 1. The summed E-state index contributed by atoms with van der Waals surface area (Å²) in [5.41, 5.74) is 11.1. The second-order valence-electron chi connectivity index (χ2n) is 5.12. The Morgan fingerprint density at radius 1 is 1.10 bits per heavy atom. The topological polar surface area (TPSA) is 35.2 Å². The average Bonchev–Trinajstić information content (AvgIpc) is 2.42. The highest BCUT2D eigenvalue weighted by Gasteiger charge is 2.13. The number of ether oxygens (including phenoxy) is 1. The average molecular weight is 290 g/mol. The maximum Gasteiger partial charge on any atom is 0.125 e. The molecule has 0 aliphatic heterocycles. The predicted octanol–water partition coefficient (Wildman–Crippen LogP) is 4.21. The Morgan fingerprint density at radius 3 is 2.50 bits per heavy atom. The first-order valence-corrected chi connectivity index (χ1v) is 7.04. The van der Waals surface area contributed by atoms with Crippen molar-refractivity contribution < 1.29 is 4.74 Å². The number of aryl methyl sites for hydroxylation is 2. The van der Waals surface area contributed by atoms with Crippen molar-refractivity contribution in [2.45, 2.75) is 26.3 Å². The van der Waals surface area contributed by atoms with Crippen molar-refractivity contribution in [1.82, 2.24) is 0 Å². The zero-order valence-electron chi connectivity index (χ0n) is 12.1. The number of rotatable bonds is 4. The molecule has 2 aromatic carbocycles. The van der Waals surface area contributed by atoms with Crippen LogP contribution in [0.15, 0.2) is 36.4 Å². The molecule has 0 radical (unpaired) electrons. The molecule has 2 nitrogen and oxygen atoms in total. The van der Waals surface area contributed by atoms with Gasteiger partial charge in [-0.05, 0) is 49.1 Å². The first-order valence-electron chi connectivity index (χ1n) is 6.66. The molecule has 2 aromatic rings. The molecule has 106 valence electrons. The third-order valence-corrected chi connectivity index (χ3v) is 3.86. The van der Waals surface area contributed by atoms with E-state index in [1.165, 1.54) is 16.7 Å². The highest BCUT2D eigenvalue weighted by atomic mass is 35.5. The maximum absolute atomic E-state index is 6.32. The van der Waals surface area contributed by atoms with Crippen LogP contribution in [0.25, 0.3) is 0 Å². The van der Waals surface area contributed by atoms with Crippen LogP contribution in [0.1, 0.15) is 28.3 Å². The van der Waals surface area contributed by atoms with Gasteiger partial charge in [-0.15, -0.1) is 0 Å². The molecule has 0 aliphatic rings. The van der Waals surface area contributed by atoms with Gasteiger partial charge in [0.15, 0.2) is 0 Å². The van der Waals surface area contributed by atoms with Gasteiger partial charge in [0, 0.05) is 16.6 Å². The molecule has 0 saturated heterocycles. The Labute approximate surface area is 125 Å². The molecular weight excluding hydrogens is 270 g/mol. The fourth-order valence-corrected chi connectivity index (χ4v) is 2.45. The highest BCUT2D eigenvalue weighted by Crippen LogP contribution is 2.29. The number of hydrogen-bond acceptors (Lipinski definition) is 2. The third kappa shape index (κ3) is 3.33. The summed E-state index contributed by atoms with van der Waals surface area (Å²) < 4.78 is 5.36. The Morgan fingerprint density at radius 2 is 1.85 bits per heavy atom. The van der Waals surface area contributed by atoms with Crippen LogP contribution in [0.4, 0.5) is 0 Å². The van der Waals surface area contributed by atoms with E-state index in [0.29, 0.717) is 5.02 Å². The molecule has 0 aromatic heterocycles. The molecule has 0 saturated carbocycles. The highest BCUT2D eigenvalue weighted by molar-refractivity contribution is 6.30. The van der Waals surface area contributed by atoms with Crippen LogP contribution in [0.2, 0.25) is 5.02 Å². The lowest BCUT2D eigenvalue weighted by molar-refractivity contribution is 0.405. The first-order chi connectivity index (χ1) is 9.51. The number of nitrogens with two attached hydrogens (primary N) is 1. The summed E-state index contributed by atoms with van der Waals surface area (Å²) in [5, 5.41) is 0.656. The van der Waals surface area contributed by atoms with Gasteiger partial charge in [-0.3, -0.25) is 0 Å². The van der Waals surface area contributed by atoms with E-state index in [-0.39, 0.29) is 6.04 Å². The van der Waals surface area contributed by atoms with Crippen LogP contribution in [0, 0.1) is 13.8 Å². The predicted molar refractivity (Wildman–Crippen MR) is 84.6 cm³/mol. The van der Waals surface area contributed by atoms with Crippen LogP contribution in [-0.4, -0.2) is 7.11 Å². The molecular formula is C17H20ClNO. The summed E-state index contributed by atoms with van der Waals surface area (Å²) in [4.78, 5) is 0. The van der Waals surface area contributed by atoms with Gasteiger partial charge in [-0.25, -0.2) is 0 Å². The zero-order chi connectivity index (χ0) is 14.7. The first kappa shape index (κ1) is 14.9. The van der Waals surface area contributed by atoms with Gasteiger partial charge < -0.3 is 10.5 Å². The second kappa shape index (κ2) is 6.29. The third-order valence-electron chi connectivity index (χ3n) is 3.62. The molecule has 0 heterocycles. The minimum absolute atomic E-state index is 0.107. The quantitative estimate of drug-likeness (QED) is 0.915. The van der Waals surface area contributed by atoms with Gasteiger partial charge in [-0.1, -0.05) is 35.9 Å². The van der Waals surface area contributed by atoms with Crippen LogP contribution < -0.4 is 10.5 Å². The lowest BCUT2D eigenvalue weighted by atomic mass is 9.96. The molecule has 0 spiro atoms. The van der Waals surface area contributed by atoms with Crippen LogP contribution in [0.3, 0.4) is 0 Å². The van der Waals surface area contributed by atoms with Gasteiger partial charge >= 0.3 is 0 Å². The van der Waals surface area contributed by atoms with Crippen molar-refractivity contribution in [3.63, 3.8) is 0 Å². The molecule has 0 amide bonds. The second-order valence-corrected chi connectivity index (χ2v) is 5.55. The van der Waals surface area contributed by atoms with Crippen LogP contribution in [-0.2, 0) is 6.42 Å². The lowest BCUT2D eigenvalue weighted by Gasteiger charge is -2.16. The van der Waals surface area contributed by atoms with E-state index in [1.54, 1.807) is 13.2 Å². The molecule has 20 heavy (non-hydrogen) atoms. The van der Waals surface area contributed by atoms with Crippen LogP contribution in [0.5, 0.6) is 5.75 Å². The summed E-state index contributed by atoms with van der Waals surface area (Å²) in [6.45, 7) is 4.23. The molecule has 0 bridgehead atoms. The molecule has 0 fully saturated rings. The van der Waals surface area contributed by atoms with Crippen molar-refractivity contribution in [2.24, 2.45) is 5.73 Å². The van der Waals surface area contributed by atoms with Gasteiger partial charge in [0.1, 0.15) is 5.75 Å². The smallest absolute Gasteiger partial charge is 0.125 e. The monoisotopic (exact) mass is 289 g/mol. The van der Waals surface area contributed by atoms with Crippen molar-refractivity contribution in [1.29, 1.82) is 0 Å². The van der Waals surface area contributed by atoms with E-state index < -0.39 is 0 Å². The van der Waals surface area contributed by atoms with E-state index >= 15 is 0 Å². The zero-order valence-corrected chi connectivity index (χ0v) is 12.9. The fourth-order valence-electron chi connectivity index (χ4n) is 2.29. The van der Waals surface area contributed by atoms with Crippen molar-refractivity contribution in [3.05, 3.63) is 63.7 Å². The molecule has 0 aliphatic carbocycles. The van der Waals surface area contributed by atoms with E-state index in [2.05, 4.69) is 32.0 Å². The maximum atomic E-state index is 6.32. The summed E-state index contributed by atoms with van der Waals surface area (Å²) >= 11 is 5.98. The van der Waals surface area contributed by atoms with Crippen LogP contribution >= 0.6 is 11.6 Å². The SMILES string of the molecule is COc1cc(Cl)ccc1C(N)Cc1ccc(C)c(C)c1. The fraction of sp³-hybridized carbons (Fsp3) is 0.294. The van der Waals surface area contributed by atoms with Crippen molar-refractivity contribution in [3.8, 4) is 5.75 Å². The molecule has 1 unspecified atom stereocenters. The Balaban J connectivity index is 2.23. The molecule has 2 N–H and O–H groups in total. The number of halogens is 1. The molecule has 2 rings (SSSR count). The molecule has 1 atom stereocenters. The van der Waals surface area contributed by atoms with Gasteiger partial charge in [0.05, 0.1) is 7.11 Å². The van der Waals surface area contributed by atoms with E-state index in [0.717, 1.165) is 17.7 Å². The Bertz CT molecular complexity index is 610. The van der Waals surface area contributed by atoms with Gasteiger partial charge in [0.2, 0.25) is 0 Å². The van der Waals surface area contributed by atoms with Gasteiger partial charge in [-0.2, -0.15) is 0 Å². The largest absolute Gasteiger partial charge is 0.496 e. The minimum Gasteiger partial charge on any atom is -0.496 e. The summed E-state index contributed by atoms with van der Waals surface area (Å²) in [5.74, 6) is 0.744. The minimum atomic E-state index is -0.107. The Kier molecular flexibility index (Phi) is 4.69. The lowest BCUT2D eigenvalue weighted by Crippen LogP contribution is -2.14. The van der Waals surface area contributed by atoms with E-state index in [4.69, 9.17) is 22.1 Å². The summed E-state index contributed by atoms with van der Waals surface area (Å²) in [6.07, 6.45) is 0.777. The van der Waals surface area contributed by atoms with Gasteiger partial charge in [0.25, 0.3) is 0 Å². The Hall–Kier alpha value is -1.51.